The van der Waals surface area contributed by atoms with Crippen LogP contribution < -0.4 is 5.32 Å². The van der Waals surface area contributed by atoms with E-state index in [2.05, 4.69) is 11.6 Å². The topological polar surface area (TPSA) is 32.3 Å². The normalized spacial score (nSPS) is 29.6. The molecule has 0 aromatic carbocycles. The zero-order valence-corrected chi connectivity index (χ0v) is 11.6. The molecule has 0 radical (unpaired) electrons. The van der Waals surface area contributed by atoms with Gasteiger partial charge < -0.3 is 10.2 Å². The molecule has 2 aliphatic rings. The third-order valence-corrected chi connectivity index (χ3v) is 5.15. The second kappa shape index (κ2) is 6.64. The predicted molar refractivity (Wildman–Crippen MR) is 73.4 cm³/mol. The number of likely N-dealkylation sites (tertiary alicyclic amines) is 1. The Morgan fingerprint density at radius 2 is 2.00 bits per heavy atom. The van der Waals surface area contributed by atoms with Crippen molar-refractivity contribution in [2.24, 2.45) is 0 Å². The standard InChI is InChI=1S/C13H24N2OS/c1-17-12-7-5-6-11(12)14-10-13(16)15-8-3-2-4-9-15/h11-12,14H,2-10H2,1H3. The summed E-state index contributed by atoms with van der Waals surface area (Å²) in [5, 5.41) is 4.18. The van der Waals surface area contributed by atoms with Gasteiger partial charge in [0.15, 0.2) is 0 Å². The van der Waals surface area contributed by atoms with Crippen LogP contribution in [0, 0.1) is 0 Å². The number of nitrogens with one attached hydrogen (secondary N) is 1. The molecule has 17 heavy (non-hydrogen) atoms. The Labute approximate surface area is 109 Å². The highest BCUT2D eigenvalue weighted by molar-refractivity contribution is 7.99. The zero-order valence-electron chi connectivity index (χ0n) is 10.8. The molecule has 2 fully saturated rings. The summed E-state index contributed by atoms with van der Waals surface area (Å²) in [5.74, 6) is 0.302. The summed E-state index contributed by atoms with van der Waals surface area (Å²) in [4.78, 5) is 14.0. The van der Waals surface area contributed by atoms with E-state index in [1.165, 1.54) is 38.5 Å². The third kappa shape index (κ3) is 3.62. The summed E-state index contributed by atoms with van der Waals surface area (Å²) in [5.41, 5.74) is 0. The summed E-state index contributed by atoms with van der Waals surface area (Å²) < 4.78 is 0. The van der Waals surface area contributed by atoms with Crippen molar-refractivity contribution >= 4 is 17.7 Å². The SMILES string of the molecule is CSC1CCCC1NCC(=O)N1CCCCC1. The molecule has 0 aromatic heterocycles. The van der Waals surface area contributed by atoms with Gasteiger partial charge in [-0.05, 0) is 38.4 Å². The number of thioether (sulfide) groups is 1. The molecule has 1 aliphatic carbocycles. The van der Waals surface area contributed by atoms with Gasteiger partial charge in [-0.2, -0.15) is 11.8 Å². The van der Waals surface area contributed by atoms with E-state index in [1.54, 1.807) is 0 Å². The van der Waals surface area contributed by atoms with Crippen LogP contribution in [0.15, 0.2) is 0 Å². The summed E-state index contributed by atoms with van der Waals surface area (Å²) in [6, 6.07) is 0.554. The van der Waals surface area contributed by atoms with Crippen molar-refractivity contribution in [2.75, 3.05) is 25.9 Å². The van der Waals surface area contributed by atoms with E-state index < -0.39 is 0 Å². The Bertz CT molecular complexity index is 254. The van der Waals surface area contributed by atoms with Crippen LogP contribution in [0.5, 0.6) is 0 Å². The lowest BCUT2D eigenvalue weighted by Gasteiger charge is -2.28. The van der Waals surface area contributed by atoms with E-state index in [9.17, 15) is 4.79 Å². The summed E-state index contributed by atoms with van der Waals surface area (Å²) in [6.45, 7) is 2.48. The number of rotatable bonds is 4. The maximum atomic E-state index is 12.0. The van der Waals surface area contributed by atoms with Gasteiger partial charge in [0.25, 0.3) is 0 Å². The van der Waals surface area contributed by atoms with E-state index in [0.717, 1.165) is 13.1 Å². The molecular weight excluding hydrogens is 232 g/mol. The molecular formula is C13H24N2OS. The Kier molecular flexibility index (Phi) is 5.16. The first kappa shape index (κ1) is 13.2. The average molecular weight is 256 g/mol. The van der Waals surface area contributed by atoms with Crippen molar-refractivity contribution in [1.29, 1.82) is 0 Å². The van der Waals surface area contributed by atoms with Crippen LogP contribution in [-0.2, 0) is 4.79 Å². The fraction of sp³-hybridized carbons (Fsp3) is 0.923. The molecule has 1 saturated carbocycles. The van der Waals surface area contributed by atoms with Crippen molar-refractivity contribution in [3.8, 4) is 0 Å². The van der Waals surface area contributed by atoms with Gasteiger partial charge in [0.05, 0.1) is 6.54 Å². The average Bonchev–Trinajstić information content (AvgIpc) is 2.84. The Balaban J connectivity index is 1.71. The highest BCUT2D eigenvalue weighted by atomic mass is 32.2. The quantitative estimate of drug-likeness (QED) is 0.833. The number of carbonyl (C=O) groups is 1. The number of amides is 1. The first-order valence-corrected chi connectivity index (χ1v) is 8.14. The Hall–Kier alpha value is -0.220. The van der Waals surface area contributed by atoms with E-state index in [-0.39, 0.29) is 0 Å². The molecule has 1 amide bonds. The van der Waals surface area contributed by atoms with Crippen molar-refractivity contribution < 1.29 is 4.79 Å². The van der Waals surface area contributed by atoms with Crippen LogP contribution in [0.3, 0.4) is 0 Å². The van der Waals surface area contributed by atoms with Gasteiger partial charge in [0, 0.05) is 24.4 Å². The van der Waals surface area contributed by atoms with Crippen LogP contribution in [0.4, 0.5) is 0 Å². The minimum Gasteiger partial charge on any atom is -0.342 e. The summed E-state index contributed by atoms with van der Waals surface area (Å²) in [7, 11) is 0. The molecule has 98 valence electrons. The smallest absolute Gasteiger partial charge is 0.236 e. The van der Waals surface area contributed by atoms with Crippen LogP contribution in [0.2, 0.25) is 0 Å². The van der Waals surface area contributed by atoms with Gasteiger partial charge in [-0.3, -0.25) is 4.79 Å². The monoisotopic (exact) mass is 256 g/mol. The van der Waals surface area contributed by atoms with Gasteiger partial charge in [-0.1, -0.05) is 6.42 Å². The molecule has 1 heterocycles. The lowest BCUT2D eigenvalue weighted by molar-refractivity contribution is -0.131. The fourth-order valence-corrected chi connectivity index (χ4v) is 3.88. The van der Waals surface area contributed by atoms with Crippen molar-refractivity contribution in [3.63, 3.8) is 0 Å². The lowest BCUT2D eigenvalue weighted by atomic mass is 10.1. The number of piperidine rings is 1. The van der Waals surface area contributed by atoms with Gasteiger partial charge in [-0.25, -0.2) is 0 Å². The number of hydrogen-bond acceptors (Lipinski definition) is 3. The molecule has 1 N–H and O–H groups in total. The highest BCUT2D eigenvalue weighted by Crippen LogP contribution is 2.28. The molecule has 2 unspecified atom stereocenters. The molecule has 3 nitrogen and oxygen atoms in total. The molecule has 0 bridgehead atoms. The number of carbonyl (C=O) groups excluding carboxylic acids is 1. The van der Waals surface area contributed by atoms with Gasteiger partial charge in [0.2, 0.25) is 5.91 Å². The molecule has 4 heteroatoms. The molecule has 2 rings (SSSR count). The Morgan fingerprint density at radius 3 is 2.71 bits per heavy atom. The second-order valence-corrected chi connectivity index (χ2v) is 6.21. The maximum absolute atomic E-state index is 12.0. The summed E-state index contributed by atoms with van der Waals surface area (Å²) >= 11 is 1.94. The number of nitrogens with zero attached hydrogens (tertiary/aromatic N) is 1. The van der Waals surface area contributed by atoms with Crippen molar-refractivity contribution in [2.45, 2.75) is 49.8 Å². The number of hydrogen-bond donors (Lipinski definition) is 1. The molecule has 1 aliphatic heterocycles. The van der Waals surface area contributed by atoms with Crippen molar-refractivity contribution in [3.05, 3.63) is 0 Å². The highest BCUT2D eigenvalue weighted by Gasteiger charge is 2.27. The van der Waals surface area contributed by atoms with Crippen LogP contribution in [-0.4, -0.2) is 48.0 Å². The van der Waals surface area contributed by atoms with Gasteiger partial charge >= 0.3 is 0 Å². The minimum absolute atomic E-state index is 0.302. The first-order chi connectivity index (χ1) is 8.31. The maximum Gasteiger partial charge on any atom is 0.236 e. The van der Waals surface area contributed by atoms with E-state index >= 15 is 0 Å². The Morgan fingerprint density at radius 1 is 1.24 bits per heavy atom. The molecule has 1 saturated heterocycles. The zero-order chi connectivity index (χ0) is 12.1. The largest absolute Gasteiger partial charge is 0.342 e. The van der Waals surface area contributed by atoms with E-state index in [4.69, 9.17) is 0 Å². The van der Waals surface area contributed by atoms with Crippen LogP contribution in [0.1, 0.15) is 38.5 Å². The lowest BCUT2D eigenvalue weighted by Crippen LogP contribution is -2.45. The second-order valence-electron chi connectivity index (χ2n) is 5.13. The fourth-order valence-electron chi connectivity index (χ4n) is 2.92. The van der Waals surface area contributed by atoms with Crippen LogP contribution >= 0.6 is 11.8 Å². The summed E-state index contributed by atoms with van der Waals surface area (Å²) in [6.07, 6.45) is 9.67. The third-order valence-electron chi connectivity index (χ3n) is 3.98. The minimum atomic E-state index is 0.302. The van der Waals surface area contributed by atoms with Crippen molar-refractivity contribution in [1.82, 2.24) is 10.2 Å². The van der Waals surface area contributed by atoms with Gasteiger partial charge in [-0.15, -0.1) is 0 Å². The predicted octanol–water partition coefficient (Wildman–Crippen LogP) is 1.87. The first-order valence-electron chi connectivity index (χ1n) is 6.85. The molecule has 2 atom stereocenters. The molecule has 0 spiro atoms. The molecule has 0 aromatic rings. The van der Waals surface area contributed by atoms with E-state index in [1.807, 2.05) is 16.7 Å². The van der Waals surface area contributed by atoms with Gasteiger partial charge in [0.1, 0.15) is 0 Å². The van der Waals surface area contributed by atoms with Crippen LogP contribution in [0.25, 0.3) is 0 Å². The van der Waals surface area contributed by atoms with E-state index in [0.29, 0.717) is 23.7 Å².